The molecule has 96 valence electrons. The van der Waals surface area contributed by atoms with Crippen molar-refractivity contribution >= 4 is 16.9 Å². The molecule has 0 saturated heterocycles. The van der Waals surface area contributed by atoms with E-state index in [4.69, 9.17) is 5.11 Å². The number of carbonyl (C=O) groups is 1. The van der Waals surface area contributed by atoms with Crippen LogP contribution in [-0.4, -0.2) is 15.6 Å². The van der Waals surface area contributed by atoms with Crippen LogP contribution in [0.1, 0.15) is 11.3 Å². The van der Waals surface area contributed by atoms with Gasteiger partial charge in [-0.05, 0) is 17.7 Å². The normalized spacial score (nSPS) is 12.0. The Bertz CT molecular complexity index is 614. The third-order valence-corrected chi connectivity index (χ3v) is 2.76. The summed E-state index contributed by atoms with van der Waals surface area (Å²) in [5.41, 5.74) is 0.107. The first kappa shape index (κ1) is 12.5. The Labute approximate surface area is 100 Å². The lowest BCUT2D eigenvalue weighted by atomic mass is 10.1. The molecule has 0 aliphatic heterocycles. The maximum absolute atomic E-state index is 12.7. The Hall–Kier alpha value is -1.98. The maximum Gasteiger partial charge on any atom is 0.431 e. The number of aliphatic carboxylic acids is 1. The molecule has 0 amide bonds. The van der Waals surface area contributed by atoms with Crippen LogP contribution < -0.4 is 0 Å². The topological polar surface area (TPSA) is 42.2 Å². The van der Waals surface area contributed by atoms with Crippen LogP contribution >= 0.6 is 0 Å². The molecule has 0 bridgehead atoms. The first-order valence-electron chi connectivity index (χ1n) is 5.16. The van der Waals surface area contributed by atoms with Gasteiger partial charge in [-0.1, -0.05) is 12.1 Å². The van der Waals surface area contributed by atoms with Gasteiger partial charge >= 0.3 is 12.1 Å². The van der Waals surface area contributed by atoms with E-state index in [1.54, 1.807) is 0 Å². The molecular weight excluding hydrogens is 247 g/mol. The molecule has 0 unspecified atom stereocenters. The standard InChI is InChI=1S/C12H10F3NO2/c1-16-9-4-7(5-11(17)18)2-3-8(9)6-10(16)12(13,14)15/h2-4,6H,5H2,1H3,(H,17,18). The van der Waals surface area contributed by atoms with Crippen molar-refractivity contribution in [2.75, 3.05) is 0 Å². The molecule has 1 N–H and O–H groups in total. The summed E-state index contributed by atoms with van der Waals surface area (Å²) in [5.74, 6) is -1.01. The lowest BCUT2D eigenvalue weighted by Crippen LogP contribution is -2.10. The van der Waals surface area contributed by atoms with Crippen LogP contribution in [-0.2, 0) is 24.4 Å². The molecule has 0 atom stereocenters. The fraction of sp³-hybridized carbons (Fsp3) is 0.250. The SMILES string of the molecule is Cn1c(C(F)(F)F)cc2ccc(CC(=O)O)cc21. The summed E-state index contributed by atoms with van der Waals surface area (Å²) in [6.07, 6.45) is -4.62. The number of alkyl halides is 3. The Balaban J connectivity index is 2.57. The number of halogens is 3. The Morgan fingerprint density at radius 1 is 1.33 bits per heavy atom. The highest BCUT2D eigenvalue weighted by molar-refractivity contribution is 5.83. The highest BCUT2D eigenvalue weighted by atomic mass is 19.4. The van der Waals surface area contributed by atoms with Crippen LogP contribution in [0.3, 0.4) is 0 Å². The summed E-state index contributed by atoms with van der Waals surface area (Å²) in [6, 6.07) is 5.55. The zero-order valence-corrected chi connectivity index (χ0v) is 9.45. The van der Waals surface area contributed by atoms with Gasteiger partial charge in [0, 0.05) is 18.0 Å². The average Bonchev–Trinajstić information content (AvgIpc) is 2.55. The highest BCUT2D eigenvalue weighted by Gasteiger charge is 2.34. The van der Waals surface area contributed by atoms with E-state index in [9.17, 15) is 18.0 Å². The van der Waals surface area contributed by atoms with Gasteiger partial charge in [0.05, 0.1) is 6.42 Å². The van der Waals surface area contributed by atoms with Crippen LogP contribution in [0.2, 0.25) is 0 Å². The highest BCUT2D eigenvalue weighted by Crippen LogP contribution is 2.33. The molecule has 0 aliphatic rings. The second-order valence-corrected chi connectivity index (χ2v) is 4.05. The van der Waals surface area contributed by atoms with E-state index in [1.165, 1.54) is 25.2 Å². The first-order chi connectivity index (χ1) is 8.29. The molecule has 1 aromatic heterocycles. The number of hydrogen-bond acceptors (Lipinski definition) is 1. The van der Waals surface area contributed by atoms with Crippen LogP contribution in [0.15, 0.2) is 24.3 Å². The van der Waals surface area contributed by atoms with E-state index >= 15 is 0 Å². The monoisotopic (exact) mass is 257 g/mol. The van der Waals surface area contributed by atoms with Crippen molar-refractivity contribution in [2.45, 2.75) is 12.6 Å². The van der Waals surface area contributed by atoms with E-state index in [0.717, 1.165) is 10.6 Å². The quantitative estimate of drug-likeness (QED) is 0.898. The lowest BCUT2D eigenvalue weighted by Gasteiger charge is -2.07. The first-order valence-corrected chi connectivity index (χ1v) is 5.16. The minimum Gasteiger partial charge on any atom is -0.481 e. The molecule has 0 spiro atoms. The van der Waals surface area contributed by atoms with Crippen molar-refractivity contribution in [1.82, 2.24) is 4.57 Å². The number of hydrogen-bond donors (Lipinski definition) is 1. The van der Waals surface area contributed by atoms with Crippen molar-refractivity contribution < 1.29 is 23.1 Å². The number of rotatable bonds is 2. The van der Waals surface area contributed by atoms with Gasteiger partial charge in [-0.25, -0.2) is 0 Å². The van der Waals surface area contributed by atoms with E-state index < -0.39 is 17.8 Å². The fourth-order valence-corrected chi connectivity index (χ4v) is 1.93. The molecule has 0 radical (unpaired) electrons. The molecule has 18 heavy (non-hydrogen) atoms. The third kappa shape index (κ3) is 2.18. The van der Waals surface area contributed by atoms with Gasteiger partial charge in [-0.15, -0.1) is 0 Å². The molecule has 3 nitrogen and oxygen atoms in total. The van der Waals surface area contributed by atoms with E-state index in [2.05, 4.69) is 0 Å². The molecule has 2 rings (SSSR count). The smallest absolute Gasteiger partial charge is 0.431 e. The van der Waals surface area contributed by atoms with Gasteiger partial charge < -0.3 is 9.67 Å². The van der Waals surface area contributed by atoms with Crippen molar-refractivity contribution in [2.24, 2.45) is 7.05 Å². The molecular formula is C12H10F3NO2. The number of carboxylic acid groups (broad SMARTS) is 1. The molecule has 0 saturated carbocycles. The molecule has 6 heteroatoms. The van der Waals surface area contributed by atoms with Gasteiger partial charge in [-0.2, -0.15) is 13.2 Å². The van der Waals surface area contributed by atoms with Crippen molar-refractivity contribution in [1.29, 1.82) is 0 Å². The Kier molecular flexibility index (Phi) is 2.80. The number of aromatic nitrogens is 1. The Morgan fingerprint density at radius 2 is 2.00 bits per heavy atom. The van der Waals surface area contributed by atoms with Crippen LogP contribution in [0.4, 0.5) is 13.2 Å². The second kappa shape index (κ2) is 4.04. The zero-order chi connectivity index (χ0) is 13.5. The summed E-state index contributed by atoms with van der Waals surface area (Å²) in [6.45, 7) is 0. The molecule has 0 aliphatic carbocycles. The third-order valence-electron chi connectivity index (χ3n) is 2.76. The number of benzene rings is 1. The van der Waals surface area contributed by atoms with Crippen LogP contribution in [0, 0.1) is 0 Å². The summed E-state index contributed by atoms with van der Waals surface area (Å²) >= 11 is 0. The largest absolute Gasteiger partial charge is 0.481 e. The fourth-order valence-electron chi connectivity index (χ4n) is 1.93. The van der Waals surface area contributed by atoms with E-state index in [0.29, 0.717) is 16.5 Å². The Morgan fingerprint density at radius 3 is 2.56 bits per heavy atom. The minimum atomic E-state index is -4.42. The molecule has 0 fully saturated rings. The van der Waals surface area contributed by atoms with Crippen molar-refractivity contribution in [3.63, 3.8) is 0 Å². The summed E-state index contributed by atoms with van der Waals surface area (Å²) in [4.78, 5) is 10.6. The second-order valence-electron chi connectivity index (χ2n) is 4.05. The zero-order valence-electron chi connectivity index (χ0n) is 9.45. The number of aryl methyl sites for hydroxylation is 1. The van der Waals surface area contributed by atoms with E-state index in [-0.39, 0.29) is 6.42 Å². The van der Waals surface area contributed by atoms with Gasteiger partial charge in [0.15, 0.2) is 0 Å². The van der Waals surface area contributed by atoms with Gasteiger partial charge in [0.1, 0.15) is 5.69 Å². The van der Waals surface area contributed by atoms with Gasteiger partial charge in [0.25, 0.3) is 0 Å². The van der Waals surface area contributed by atoms with Crippen LogP contribution in [0.5, 0.6) is 0 Å². The molecule has 1 aromatic carbocycles. The van der Waals surface area contributed by atoms with Crippen LogP contribution in [0.25, 0.3) is 10.9 Å². The summed E-state index contributed by atoms with van der Waals surface area (Å²) in [7, 11) is 1.32. The lowest BCUT2D eigenvalue weighted by molar-refractivity contribution is -0.142. The average molecular weight is 257 g/mol. The predicted molar refractivity (Wildman–Crippen MR) is 59.3 cm³/mol. The van der Waals surface area contributed by atoms with Gasteiger partial charge in [-0.3, -0.25) is 4.79 Å². The summed E-state index contributed by atoms with van der Waals surface area (Å²) in [5, 5.41) is 9.10. The molecule has 1 heterocycles. The van der Waals surface area contributed by atoms with Crippen molar-refractivity contribution in [3.05, 3.63) is 35.5 Å². The van der Waals surface area contributed by atoms with Gasteiger partial charge in [0.2, 0.25) is 0 Å². The minimum absolute atomic E-state index is 0.206. The van der Waals surface area contributed by atoms with E-state index in [1.807, 2.05) is 0 Å². The number of carboxylic acids is 1. The summed E-state index contributed by atoms with van der Waals surface area (Å²) < 4.78 is 39.1. The van der Waals surface area contributed by atoms with Crippen molar-refractivity contribution in [3.8, 4) is 0 Å². The molecule has 2 aromatic rings. The number of fused-ring (bicyclic) bond motifs is 1. The predicted octanol–water partition coefficient (Wildman–Crippen LogP) is 2.82. The number of nitrogens with zero attached hydrogens (tertiary/aromatic N) is 1. The maximum atomic E-state index is 12.7.